The highest BCUT2D eigenvalue weighted by atomic mass is 15.1. The van der Waals surface area contributed by atoms with Crippen LogP contribution in [0.3, 0.4) is 0 Å². The average Bonchev–Trinajstić information content (AvgIpc) is 2.91. The minimum Gasteiger partial charge on any atom is -0.298 e. The zero-order chi connectivity index (χ0) is 14.9. The molecule has 2 heterocycles. The van der Waals surface area contributed by atoms with E-state index in [1.54, 1.807) is 0 Å². The van der Waals surface area contributed by atoms with Crippen molar-refractivity contribution in [1.29, 1.82) is 5.26 Å². The second-order valence-corrected chi connectivity index (χ2v) is 5.43. The Labute approximate surface area is 129 Å². The number of hydrogen-bond acceptors (Lipinski definition) is 2. The van der Waals surface area contributed by atoms with Gasteiger partial charge in [0.15, 0.2) is 0 Å². The quantitative estimate of drug-likeness (QED) is 0.709. The minimum absolute atomic E-state index is 0.449. The fourth-order valence-corrected chi connectivity index (χ4v) is 3.29. The van der Waals surface area contributed by atoms with Gasteiger partial charge < -0.3 is 0 Å². The second kappa shape index (κ2) is 5.16. The summed E-state index contributed by atoms with van der Waals surface area (Å²) in [6.07, 6.45) is 1.34. The highest BCUT2D eigenvalue weighted by molar-refractivity contribution is 6.07. The van der Waals surface area contributed by atoms with Crippen molar-refractivity contribution in [3.63, 3.8) is 0 Å². The molecule has 3 aromatic rings. The SMILES string of the molecule is N#CCc1c2n(c3ccccc13)C(c1ccccc1)=NCC2. The maximum absolute atomic E-state index is 9.19. The van der Waals surface area contributed by atoms with Crippen molar-refractivity contribution >= 4 is 16.7 Å². The van der Waals surface area contributed by atoms with Gasteiger partial charge in [0, 0.05) is 29.6 Å². The fraction of sp³-hybridized carbons (Fsp3) is 0.158. The van der Waals surface area contributed by atoms with E-state index >= 15 is 0 Å². The molecule has 0 aliphatic carbocycles. The molecule has 0 amide bonds. The Morgan fingerprint density at radius 2 is 1.82 bits per heavy atom. The lowest BCUT2D eigenvalue weighted by atomic mass is 10.1. The molecule has 3 nitrogen and oxygen atoms in total. The predicted octanol–water partition coefficient (Wildman–Crippen LogP) is 3.56. The zero-order valence-corrected chi connectivity index (χ0v) is 12.2. The molecule has 0 N–H and O–H groups in total. The summed E-state index contributed by atoms with van der Waals surface area (Å²) in [5.74, 6) is 0.988. The van der Waals surface area contributed by atoms with E-state index in [1.165, 1.54) is 11.1 Å². The van der Waals surface area contributed by atoms with Crippen molar-refractivity contribution in [3.05, 3.63) is 71.4 Å². The van der Waals surface area contributed by atoms with Gasteiger partial charge in [-0.2, -0.15) is 5.26 Å². The van der Waals surface area contributed by atoms with Crippen LogP contribution in [0.25, 0.3) is 10.9 Å². The lowest BCUT2D eigenvalue weighted by Crippen LogP contribution is -2.22. The number of nitriles is 1. The van der Waals surface area contributed by atoms with Gasteiger partial charge in [0.2, 0.25) is 0 Å². The van der Waals surface area contributed by atoms with Gasteiger partial charge in [-0.1, -0.05) is 48.5 Å². The van der Waals surface area contributed by atoms with Gasteiger partial charge in [-0.3, -0.25) is 9.56 Å². The van der Waals surface area contributed by atoms with Crippen LogP contribution < -0.4 is 0 Å². The van der Waals surface area contributed by atoms with E-state index in [2.05, 4.69) is 34.9 Å². The molecule has 1 aromatic heterocycles. The predicted molar refractivity (Wildman–Crippen MR) is 88.2 cm³/mol. The molecule has 0 saturated heterocycles. The number of rotatable bonds is 2. The lowest BCUT2D eigenvalue weighted by Gasteiger charge is -2.18. The molecule has 22 heavy (non-hydrogen) atoms. The normalized spacial score (nSPS) is 13.5. The molecule has 0 fully saturated rings. The van der Waals surface area contributed by atoms with E-state index in [-0.39, 0.29) is 0 Å². The summed E-state index contributed by atoms with van der Waals surface area (Å²) < 4.78 is 2.24. The number of benzene rings is 2. The summed E-state index contributed by atoms with van der Waals surface area (Å²) >= 11 is 0. The molecule has 0 saturated carbocycles. The summed E-state index contributed by atoms with van der Waals surface area (Å²) in [4.78, 5) is 4.76. The van der Waals surface area contributed by atoms with Gasteiger partial charge in [0.05, 0.1) is 18.0 Å². The van der Waals surface area contributed by atoms with Crippen molar-refractivity contribution in [2.24, 2.45) is 4.99 Å². The molecular formula is C19H15N3. The molecular weight excluding hydrogens is 270 g/mol. The van der Waals surface area contributed by atoms with E-state index in [0.717, 1.165) is 35.4 Å². The summed E-state index contributed by atoms with van der Waals surface area (Å²) in [7, 11) is 0. The summed E-state index contributed by atoms with van der Waals surface area (Å²) in [6, 6.07) is 20.9. The van der Waals surface area contributed by atoms with Crippen molar-refractivity contribution in [3.8, 4) is 6.07 Å². The zero-order valence-electron chi connectivity index (χ0n) is 12.2. The minimum atomic E-state index is 0.449. The smallest absolute Gasteiger partial charge is 0.139 e. The van der Waals surface area contributed by atoms with Crippen molar-refractivity contribution in [1.82, 2.24) is 4.57 Å². The molecule has 2 aromatic carbocycles. The van der Waals surface area contributed by atoms with Crippen LogP contribution in [0.15, 0.2) is 59.6 Å². The standard InChI is InChI=1S/C19H15N3/c20-12-10-16-15-8-4-5-9-17(15)22-18(16)11-13-21-19(22)14-6-2-1-3-7-14/h1-9H,10-11,13H2. The highest BCUT2D eigenvalue weighted by Gasteiger charge is 2.22. The van der Waals surface area contributed by atoms with Crippen LogP contribution >= 0.6 is 0 Å². The van der Waals surface area contributed by atoms with Crippen LogP contribution in [0.4, 0.5) is 0 Å². The summed E-state index contributed by atoms with van der Waals surface area (Å²) in [6.45, 7) is 0.777. The van der Waals surface area contributed by atoms with Gasteiger partial charge in [-0.25, -0.2) is 0 Å². The van der Waals surface area contributed by atoms with Gasteiger partial charge in [0.1, 0.15) is 5.84 Å². The second-order valence-electron chi connectivity index (χ2n) is 5.43. The molecule has 0 radical (unpaired) electrons. The molecule has 0 bridgehead atoms. The third-order valence-electron chi connectivity index (χ3n) is 4.20. The van der Waals surface area contributed by atoms with E-state index in [9.17, 15) is 5.26 Å². The molecule has 4 rings (SSSR count). The maximum atomic E-state index is 9.19. The summed E-state index contributed by atoms with van der Waals surface area (Å²) in [5, 5.41) is 10.4. The maximum Gasteiger partial charge on any atom is 0.139 e. The number of fused-ring (bicyclic) bond motifs is 3. The number of hydrogen-bond donors (Lipinski definition) is 0. The van der Waals surface area contributed by atoms with E-state index in [4.69, 9.17) is 4.99 Å². The first kappa shape index (κ1) is 12.8. The average molecular weight is 285 g/mol. The van der Waals surface area contributed by atoms with Crippen molar-refractivity contribution < 1.29 is 0 Å². The van der Waals surface area contributed by atoms with E-state index < -0.39 is 0 Å². The fourth-order valence-electron chi connectivity index (χ4n) is 3.29. The van der Waals surface area contributed by atoms with Crippen LogP contribution in [0.5, 0.6) is 0 Å². The number of nitrogens with zero attached hydrogens (tertiary/aromatic N) is 3. The van der Waals surface area contributed by atoms with Gasteiger partial charge >= 0.3 is 0 Å². The molecule has 0 unspecified atom stereocenters. The number of aliphatic imine (C=N–C) groups is 1. The molecule has 3 heteroatoms. The van der Waals surface area contributed by atoms with Crippen LogP contribution in [0, 0.1) is 11.3 Å². The third kappa shape index (κ3) is 1.85. The van der Waals surface area contributed by atoms with Crippen molar-refractivity contribution in [2.75, 3.05) is 6.54 Å². The summed E-state index contributed by atoms with van der Waals surface area (Å²) in [5.41, 5.74) is 4.65. The van der Waals surface area contributed by atoms with Crippen LogP contribution in [-0.2, 0) is 12.8 Å². The Balaban J connectivity index is 2.03. The first-order chi connectivity index (χ1) is 10.9. The highest BCUT2D eigenvalue weighted by Crippen LogP contribution is 2.30. The van der Waals surface area contributed by atoms with E-state index in [0.29, 0.717) is 6.42 Å². The van der Waals surface area contributed by atoms with Crippen LogP contribution in [0.1, 0.15) is 16.8 Å². The topological polar surface area (TPSA) is 41.1 Å². The molecule has 106 valence electrons. The van der Waals surface area contributed by atoms with Crippen LogP contribution in [0.2, 0.25) is 0 Å². The molecule has 0 spiro atoms. The molecule has 0 atom stereocenters. The van der Waals surface area contributed by atoms with Gasteiger partial charge in [-0.05, 0) is 11.6 Å². The Bertz CT molecular complexity index is 911. The Morgan fingerprint density at radius 3 is 2.64 bits per heavy atom. The molecule has 1 aliphatic rings. The van der Waals surface area contributed by atoms with Crippen LogP contribution in [-0.4, -0.2) is 16.9 Å². The first-order valence-electron chi connectivity index (χ1n) is 7.48. The van der Waals surface area contributed by atoms with Crippen molar-refractivity contribution in [2.45, 2.75) is 12.8 Å². The Morgan fingerprint density at radius 1 is 1.05 bits per heavy atom. The van der Waals surface area contributed by atoms with E-state index in [1.807, 2.05) is 30.3 Å². The monoisotopic (exact) mass is 285 g/mol. The van der Waals surface area contributed by atoms with Gasteiger partial charge in [0.25, 0.3) is 0 Å². The largest absolute Gasteiger partial charge is 0.298 e. The Hall–Kier alpha value is -2.86. The third-order valence-corrected chi connectivity index (χ3v) is 4.20. The number of para-hydroxylation sites is 1. The first-order valence-corrected chi connectivity index (χ1v) is 7.48. The Kier molecular flexibility index (Phi) is 3.01. The number of aromatic nitrogens is 1. The lowest BCUT2D eigenvalue weighted by molar-refractivity contribution is 0.845. The van der Waals surface area contributed by atoms with Gasteiger partial charge in [-0.15, -0.1) is 0 Å². The molecule has 1 aliphatic heterocycles.